The Labute approximate surface area is 115 Å². The summed E-state index contributed by atoms with van der Waals surface area (Å²) in [6.07, 6.45) is 1.44. The lowest BCUT2D eigenvalue weighted by Gasteiger charge is -2.07. The van der Waals surface area contributed by atoms with Gasteiger partial charge in [-0.3, -0.25) is 14.3 Å². The van der Waals surface area contributed by atoms with Gasteiger partial charge in [-0.05, 0) is 33.6 Å². The fraction of sp³-hybridized carbons (Fsp3) is 0.0909. The minimum atomic E-state index is -0.475. The van der Waals surface area contributed by atoms with Crippen molar-refractivity contribution in [3.8, 4) is 0 Å². The van der Waals surface area contributed by atoms with Crippen molar-refractivity contribution in [2.75, 3.05) is 5.73 Å². The molecule has 0 amide bonds. The second-order valence-corrected chi connectivity index (χ2v) is 4.98. The van der Waals surface area contributed by atoms with Gasteiger partial charge in [-0.2, -0.15) is 0 Å². The molecule has 0 fully saturated rings. The molecule has 1 heterocycles. The van der Waals surface area contributed by atoms with Crippen LogP contribution in [0.2, 0.25) is 5.02 Å². The quantitative estimate of drug-likeness (QED) is 0.820. The number of halogens is 2. The van der Waals surface area contributed by atoms with E-state index in [2.05, 4.69) is 20.9 Å². The lowest BCUT2D eigenvalue weighted by Crippen LogP contribution is -2.30. The summed E-state index contributed by atoms with van der Waals surface area (Å²) in [4.78, 5) is 25.0. The highest BCUT2D eigenvalue weighted by Crippen LogP contribution is 2.19. The van der Waals surface area contributed by atoms with E-state index in [1.807, 2.05) is 0 Å². The molecule has 3 N–H and O–H groups in total. The lowest BCUT2D eigenvalue weighted by molar-refractivity contribution is 0.716. The molecule has 0 unspecified atom stereocenters. The predicted octanol–water partition coefficient (Wildman–Crippen LogP) is 1.58. The Morgan fingerprint density at radius 2 is 2.11 bits per heavy atom. The topological polar surface area (TPSA) is 80.9 Å². The van der Waals surface area contributed by atoms with Gasteiger partial charge in [0.1, 0.15) is 0 Å². The van der Waals surface area contributed by atoms with Crippen molar-refractivity contribution in [1.29, 1.82) is 0 Å². The maximum absolute atomic E-state index is 11.6. The normalized spacial score (nSPS) is 10.6. The molecule has 2 aromatic rings. The number of rotatable bonds is 2. The number of nitrogens with two attached hydrogens (primary N) is 1. The predicted molar refractivity (Wildman–Crippen MR) is 74.0 cm³/mol. The lowest BCUT2D eigenvalue weighted by atomic mass is 10.2. The molecular weight excluding hydrogens is 321 g/mol. The molecule has 0 saturated carbocycles. The van der Waals surface area contributed by atoms with Crippen LogP contribution in [0.15, 0.2) is 38.5 Å². The summed E-state index contributed by atoms with van der Waals surface area (Å²) < 4.78 is 1.66. The molecule has 0 aliphatic carbocycles. The van der Waals surface area contributed by atoms with Crippen molar-refractivity contribution in [3.63, 3.8) is 0 Å². The van der Waals surface area contributed by atoms with Gasteiger partial charge in [0, 0.05) is 6.20 Å². The van der Waals surface area contributed by atoms with Crippen LogP contribution in [0.3, 0.4) is 0 Å². The standard InChI is InChI=1S/C11H9BrClN3O2/c12-7-5-16(11(18)15-10(7)17)4-6-1-2-8(13)9(14)3-6/h1-3,5H,4,14H2,(H,15,17,18). The summed E-state index contributed by atoms with van der Waals surface area (Å²) in [6.45, 7) is 0.301. The number of anilines is 1. The van der Waals surface area contributed by atoms with Gasteiger partial charge in [-0.1, -0.05) is 17.7 Å². The van der Waals surface area contributed by atoms with Gasteiger partial charge in [0.15, 0.2) is 0 Å². The second-order valence-electron chi connectivity index (χ2n) is 3.72. The van der Waals surface area contributed by atoms with E-state index in [1.165, 1.54) is 10.8 Å². The molecular formula is C11H9BrClN3O2. The van der Waals surface area contributed by atoms with Gasteiger partial charge < -0.3 is 5.73 Å². The van der Waals surface area contributed by atoms with Crippen molar-refractivity contribution < 1.29 is 0 Å². The summed E-state index contributed by atoms with van der Waals surface area (Å²) in [5, 5.41) is 0.466. The molecule has 0 aliphatic heterocycles. The van der Waals surface area contributed by atoms with Crippen molar-refractivity contribution in [3.05, 3.63) is 60.3 Å². The molecule has 7 heteroatoms. The van der Waals surface area contributed by atoms with Crippen LogP contribution < -0.4 is 17.0 Å². The first-order valence-electron chi connectivity index (χ1n) is 5.00. The van der Waals surface area contributed by atoms with Gasteiger partial charge in [-0.25, -0.2) is 4.79 Å². The zero-order chi connectivity index (χ0) is 13.3. The monoisotopic (exact) mass is 329 g/mol. The average Bonchev–Trinajstić information content (AvgIpc) is 2.31. The fourth-order valence-corrected chi connectivity index (χ4v) is 1.95. The minimum absolute atomic E-state index is 0.295. The highest BCUT2D eigenvalue weighted by Gasteiger charge is 2.04. The second kappa shape index (κ2) is 4.99. The molecule has 1 aromatic carbocycles. The highest BCUT2D eigenvalue weighted by atomic mass is 79.9. The average molecular weight is 331 g/mol. The Morgan fingerprint density at radius 1 is 1.39 bits per heavy atom. The van der Waals surface area contributed by atoms with Crippen molar-refractivity contribution in [1.82, 2.24) is 9.55 Å². The van der Waals surface area contributed by atoms with E-state index in [4.69, 9.17) is 17.3 Å². The van der Waals surface area contributed by atoms with Crippen LogP contribution >= 0.6 is 27.5 Å². The number of aromatic nitrogens is 2. The largest absolute Gasteiger partial charge is 0.398 e. The smallest absolute Gasteiger partial charge is 0.328 e. The maximum atomic E-state index is 11.6. The third kappa shape index (κ3) is 2.65. The van der Waals surface area contributed by atoms with Crippen LogP contribution in [-0.2, 0) is 6.54 Å². The van der Waals surface area contributed by atoms with E-state index in [0.717, 1.165) is 5.56 Å². The van der Waals surface area contributed by atoms with Crippen LogP contribution in [0.1, 0.15) is 5.56 Å². The van der Waals surface area contributed by atoms with Crippen molar-refractivity contribution >= 4 is 33.2 Å². The Hall–Kier alpha value is -1.53. The Kier molecular flexibility index (Phi) is 3.58. The number of benzene rings is 1. The zero-order valence-electron chi connectivity index (χ0n) is 9.11. The molecule has 1 aromatic heterocycles. The number of H-pyrrole nitrogens is 1. The van der Waals surface area contributed by atoms with E-state index < -0.39 is 11.2 Å². The summed E-state index contributed by atoms with van der Waals surface area (Å²) in [7, 11) is 0. The number of nitrogens with zero attached hydrogens (tertiary/aromatic N) is 1. The molecule has 2 rings (SSSR count). The number of hydrogen-bond acceptors (Lipinski definition) is 3. The summed E-state index contributed by atoms with van der Waals surface area (Å²) in [5.41, 5.74) is 6.02. The van der Waals surface area contributed by atoms with Gasteiger partial charge >= 0.3 is 5.69 Å². The van der Waals surface area contributed by atoms with Crippen LogP contribution in [-0.4, -0.2) is 9.55 Å². The van der Waals surface area contributed by atoms with E-state index >= 15 is 0 Å². The van der Waals surface area contributed by atoms with Crippen LogP contribution in [0, 0.1) is 0 Å². The van der Waals surface area contributed by atoms with Crippen molar-refractivity contribution in [2.24, 2.45) is 0 Å². The number of aromatic amines is 1. The molecule has 5 nitrogen and oxygen atoms in total. The molecule has 94 valence electrons. The molecule has 0 radical (unpaired) electrons. The minimum Gasteiger partial charge on any atom is -0.398 e. The Bertz CT molecular complexity index is 708. The Morgan fingerprint density at radius 3 is 2.78 bits per heavy atom. The van der Waals surface area contributed by atoms with Crippen molar-refractivity contribution in [2.45, 2.75) is 6.54 Å². The molecule has 0 spiro atoms. The number of nitrogen functional groups attached to an aromatic ring is 1. The summed E-state index contributed by atoms with van der Waals surface area (Å²) in [5.74, 6) is 0. The molecule has 0 bridgehead atoms. The fourth-order valence-electron chi connectivity index (χ4n) is 1.49. The maximum Gasteiger partial charge on any atom is 0.328 e. The van der Waals surface area contributed by atoms with E-state index in [1.54, 1.807) is 18.2 Å². The zero-order valence-corrected chi connectivity index (χ0v) is 11.5. The number of hydrogen-bond donors (Lipinski definition) is 2. The molecule has 0 atom stereocenters. The van der Waals surface area contributed by atoms with E-state index in [9.17, 15) is 9.59 Å². The molecule has 18 heavy (non-hydrogen) atoms. The molecule has 0 aliphatic rings. The van der Waals surface area contributed by atoms with Crippen LogP contribution in [0.25, 0.3) is 0 Å². The third-order valence-electron chi connectivity index (χ3n) is 2.38. The van der Waals surface area contributed by atoms with Gasteiger partial charge in [-0.15, -0.1) is 0 Å². The SMILES string of the molecule is Nc1cc(Cn2cc(Br)c(=O)[nH]c2=O)ccc1Cl. The third-order valence-corrected chi connectivity index (χ3v) is 3.29. The number of nitrogens with one attached hydrogen (secondary N) is 1. The van der Waals surface area contributed by atoms with Gasteiger partial charge in [0.25, 0.3) is 5.56 Å². The summed E-state index contributed by atoms with van der Waals surface area (Å²) in [6, 6.07) is 5.12. The van der Waals surface area contributed by atoms with E-state index in [0.29, 0.717) is 21.7 Å². The highest BCUT2D eigenvalue weighted by molar-refractivity contribution is 9.10. The Balaban J connectivity index is 2.40. The first-order valence-corrected chi connectivity index (χ1v) is 6.17. The van der Waals surface area contributed by atoms with Gasteiger partial charge in [0.2, 0.25) is 0 Å². The van der Waals surface area contributed by atoms with Gasteiger partial charge in [0.05, 0.1) is 21.7 Å². The van der Waals surface area contributed by atoms with E-state index in [-0.39, 0.29) is 0 Å². The molecule has 0 saturated heterocycles. The first-order chi connectivity index (χ1) is 8.47. The van der Waals surface area contributed by atoms with Crippen LogP contribution in [0.4, 0.5) is 5.69 Å². The van der Waals surface area contributed by atoms with Crippen LogP contribution in [0.5, 0.6) is 0 Å². The first kappa shape index (κ1) is 12.9. The summed E-state index contributed by atoms with van der Waals surface area (Å²) >= 11 is 8.88.